The average molecular weight is 196 g/mol. The zero-order valence-corrected chi connectivity index (χ0v) is 7.78. The SMILES string of the molecule is Cn1cnc2cc(S(=O)O)ccc21. The molecule has 4 nitrogen and oxygen atoms in total. The third kappa shape index (κ3) is 1.36. The van der Waals surface area contributed by atoms with Crippen molar-refractivity contribution < 1.29 is 8.76 Å². The first kappa shape index (κ1) is 8.40. The van der Waals surface area contributed by atoms with E-state index in [1.165, 1.54) is 0 Å². The summed E-state index contributed by atoms with van der Waals surface area (Å²) in [6, 6.07) is 5.03. The molecular weight excluding hydrogens is 188 g/mol. The van der Waals surface area contributed by atoms with Crippen molar-refractivity contribution in [1.82, 2.24) is 9.55 Å². The number of benzene rings is 1. The molecule has 0 bridgehead atoms. The molecule has 0 aliphatic carbocycles. The predicted octanol–water partition coefficient (Wildman–Crippen LogP) is 1.15. The fourth-order valence-corrected chi connectivity index (χ4v) is 1.62. The van der Waals surface area contributed by atoms with E-state index in [2.05, 4.69) is 4.98 Å². The number of hydrogen-bond donors (Lipinski definition) is 1. The first-order valence-corrected chi connectivity index (χ1v) is 4.81. The Hall–Kier alpha value is -1.20. The van der Waals surface area contributed by atoms with Gasteiger partial charge < -0.3 is 9.12 Å². The van der Waals surface area contributed by atoms with Gasteiger partial charge in [-0.15, -0.1) is 0 Å². The molecule has 0 saturated carbocycles. The summed E-state index contributed by atoms with van der Waals surface area (Å²) in [6.45, 7) is 0. The van der Waals surface area contributed by atoms with Gasteiger partial charge in [-0.1, -0.05) is 0 Å². The van der Waals surface area contributed by atoms with Gasteiger partial charge in [0.05, 0.1) is 22.3 Å². The van der Waals surface area contributed by atoms with E-state index in [0.717, 1.165) is 11.0 Å². The van der Waals surface area contributed by atoms with Gasteiger partial charge in [0, 0.05) is 7.05 Å². The molecule has 0 spiro atoms. The summed E-state index contributed by atoms with van der Waals surface area (Å²) in [5, 5.41) is 0. The number of rotatable bonds is 1. The molecule has 68 valence electrons. The molecule has 1 atom stereocenters. The first-order chi connectivity index (χ1) is 6.18. The van der Waals surface area contributed by atoms with Crippen LogP contribution in [0, 0.1) is 0 Å². The van der Waals surface area contributed by atoms with Gasteiger partial charge >= 0.3 is 0 Å². The Bertz CT molecular complexity index is 478. The van der Waals surface area contributed by atoms with E-state index in [9.17, 15) is 4.21 Å². The van der Waals surface area contributed by atoms with Crippen LogP contribution >= 0.6 is 0 Å². The molecular formula is C8H8N2O2S. The third-order valence-electron chi connectivity index (χ3n) is 1.90. The summed E-state index contributed by atoms with van der Waals surface area (Å²) in [6.07, 6.45) is 1.68. The lowest BCUT2D eigenvalue weighted by atomic mass is 10.3. The maximum absolute atomic E-state index is 10.7. The first-order valence-electron chi connectivity index (χ1n) is 3.70. The van der Waals surface area contributed by atoms with Gasteiger partial charge in [-0.05, 0) is 18.2 Å². The van der Waals surface area contributed by atoms with Gasteiger partial charge in [-0.2, -0.15) is 0 Å². The second-order valence-corrected chi connectivity index (χ2v) is 3.72. The second kappa shape index (κ2) is 2.93. The molecule has 1 aromatic heterocycles. The molecule has 0 radical (unpaired) electrons. The largest absolute Gasteiger partial charge is 0.334 e. The molecule has 2 aromatic rings. The summed E-state index contributed by atoms with van der Waals surface area (Å²) in [5.41, 5.74) is 1.69. The van der Waals surface area contributed by atoms with Crippen molar-refractivity contribution in [3.63, 3.8) is 0 Å². The topological polar surface area (TPSA) is 55.1 Å². The van der Waals surface area contributed by atoms with Gasteiger partial charge in [0.25, 0.3) is 0 Å². The Morgan fingerprint density at radius 2 is 2.31 bits per heavy atom. The lowest BCUT2D eigenvalue weighted by molar-refractivity contribution is 0.564. The normalized spacial score (nSPS) is 13.4. The zero-order valence-electron chi connectivity index (χ0n) is 6.97. The minimum atomic E-state index is -1.92. The fourth-order valence-electron chi connectivity index (χ4n) is 1.22. The number of aromatic nitrogens is 2. The molecule has 0 fully saturated rings. The Balaban J connectivity index is 2.70. The monoisotopic (exact) mass is 196 g/mol. The molecule has 0 saturated heterocycles. The Morgan fingerprint density at radius 1 is 1.54 bits per heavy atom. The highest BCUT2D eigenvalue weighted by atomic mass is 32.2. The van der Waals surface area contributed by atoms with Crippen LogP contribution in [0.25, 0.3) is 11.0 Å². The fraction of sp³-hybridized carbons (Fsp3) is 0.125. The van der Waals surface area contributed by atoms with E-state index in [1.807, 2.05) is 11.6 Å². The summed E-state index contributed by atoms with van der Waals surface area (Å²) < 4.78 is 21.4. The Labute approximate surface area is 77.5 Å². The van der Waals surface area contributed by atoms with Crippen LogP contribution in [0.3, 0.4) is 0 Å². The minimum Gasteiger partial charge on any atom is -0.334 e. The number of nitrogens with zero attached hydrogens (tertiary/aromatic N) is 2. The van der Waals surface area contributed by atoms with Crippen molar-refractivity contribution >= 4 is 22.1 Å². The molecule has 1 heterocycles. The minimum absolute atomic E-state index is 0.381. The molecule has 0 amide bonds. The Morgan fingerprint density at radius 3 is 3.00 bits per heavy atom. The van der Waals surface area contributed by atoms with E-state index >= 15 is 0 Å². The van der Waals surface area contributed by atoms with Gasteiger partial charge in [-0.3, -0.25) is 0 Å². The molecule has 1 aromatic carbocycles. The van der Waals surface area contributed by atoms with Crippen LogP contribution in [0.5, 0.6) is 0 Å². The molecule has 1 N–H and O–H groups in total. The Kier molecular flexibility index (Phi) is 1.90. The summed E-state index contributed by atoms with van der Waals surface area (Å²) in [5.74, 6) is 0. The molecule has 5 heteroatoms. The zero-order chi connectivity index (χ0) is 9.42. The van der Waals surface area contributed by atoms with E-state index in [4.69, 9.17) is 4.55 Å². The predicted molar refractivity (Wildman–Crippen MR) is 49.8 cm³/mol. The number of imidazole rings is 1. The summed E-state index contributed by atoms with van der Waals surface area (Å²) in [4.78, 5) is 4.46. The molecule has 2 rings (SSSR count). The van der Waals surface area contributed by atoms with Crippen LogP contribution in [-0.4, -0.2) is 18.3 Å². The number of hydrogen-bond acceptors (Lipinski definition) is 2. The van der Waals surface area contributed by atoms with Gasteiger partial charge in [0.2, 0.25) is 0 Å². The van der Waals surface area contributed by atoms with E-state index in [1.54, 1.807) is 24.5 Å². The highest BCUT2D eigenvalue weighted by Gasteiger charge is 2.03. The molecule has 13 heavy (non-hydrogen) atoms. The van der Waals surface area contributed by atoms with Crippen molar-refractivity contribution in [2.45, 2.75) is 4.90 Å². The van der Waals surface area contributed by atoms with E-state index < -0.39 is 11.1 Å². The average Bonchev–Trinajstić information content (AvgIpc) is 2.47. The van der Waals surface area contributed by atoms with Crippen LogP contribution in [0.4, 0.5) is 0 Å². The van der Waals surface area contributed by atoms with Gasteiger partial charge in [0.1, 0.15) is 0 Å². The molecule has 1 unspecified atom stereocenters. The van der Waals surface area contributed by atoms with Gasteiger partial charge in [-0.25, -0.2) is 9.19 Å². The maximum Gasteiger partial charge on any atom is 0.186 e. The molecule has 0 aliphatic rings. The van der Waals surface area contributed by atoms with E-state index in [-0.39, 0.29) is 0 Å². The van der Waals surface area contributed by atoms with Crippen LogP contribution in [0.15, 0.2) is 29.4 Å². The molecule has 0 aliphatic heterocycles. The third-order valence-corrected chi connectivity index (χ3v) is 2.56. The standard InChI is InChI=1S/C8H8N2O2S/c1-10-5-9-7-4-6(13(11)12)2-3-8(7)10/h2-5H,1H3,(H,11,12). The second-order valence-electron chi connectivity index (χ2n) is 2.76. The highest BCUT2D eigenvalue weighted by molar-refractivity contribution is 7.79. The van der Waals surface area contributed by atoms with Crippen molar-refractivity contribution in [1.29, 1.82) is 0 Å². The quantitative estimate of drug-likeness (QED) is 0.696. The lowest BCUT2D eigenvalue weighted by Gasteiger charge is -1.95. The van der Waals surface area contributed by atoms with Crippen molar-refractivity contribution in [3.8, 4) is 0 Å². The highest BCUT2D eigenvalue weighted by Crippen LogP contribution is 2.15. The van der Waals surface area contributed by atoms with Crippen LogP contribution in [-0.2, 0) is 18.1 Å². The van der Waals surface area contributed by atoms with Crippen molar-refractivity contribution in [2.24, 2.45) is 7.05 Å². The van der Waals surface area contributed by atoms with E-state index in [0.29, 0.717) is 4.90 Å². The number of aryl methyl sites for hydroxylation is 1. The summed E-state index contributed by atoms with van der Waals surface area (Å²) in [7, 11) is 1.88. The number of fused-ring (bicyclic) bond motifs is 1. The van der Waals surface area contributed by atoms with Crippen molar-refractivity contribution in [3.05, 3.63) is 24.5 Å². The lowest BCUT2D eigenvalue weighted by Crippen LogP contribution is -1.88. The van der Waals surface area contributed by atoms with Crippen molar-refractivity contribution in [2.75, 3.05) is 0 Å². The maximum atomic E-state index is 10.7. The summed E-state index contributed by atoms with van der Waals surface area (Å²) >= 11 is -1.92. The smallest absolute Gasteiger partial charge is 0.186 e. The van der Waals surface area contributed by atoms with Crippen LogP contribution < -0.4 is 0 Å². The van der Waals surface area contributed by atoms with Gasteiger partial charge in [0.15, 0.2) is 11.1 Å². The van der Waals surface area contributed by atoms with Crippen LogP contribution in [0.1, 0.15) is 0 Å². The van der Waals surface area contributed by atoms with Crippen LogP contribution in [0.2, 0.25) is 0 Å².